The predicted octanol–water partition coefficient (Wildman–Crippen LogP) is 3.12. The van der Waals surface area contributed by atoms with Gasteiger partial charge in [-0.25, -0.2) is 15.0 Å². The minimum Gasteiger partial charge on any atom is -0.493 e. The highest BCUT2D eigenvalue weighted by atomic mass is 16.5. The second-order valence-electron chi connectivity index (χ2n) is 7.97. The summed E-state index contributed by atoms with van der Waals surface area (Å²) in [6.45, 7) is 1.03. The molecule has 8 nitrogen and oxygen atoms in total. The van der Waals surface area contributed by atoms with Crippen molar-refractivity contribution in [2.24, 2.45) is 5.92 Å². The van der Waals surface area contributed by atoms with Crippen LogP contribution in [0.1, 0.15) is 43.4 Å². The molecule has 1 aliphatic carbocycles. The van der Waals surface area contributed by atoms with Crippen molar-refractivity contribution in [1.29, 1.82) is 5.26 Å². The second kappa shape index (κ2) is 10.6. The van der Waals surface area contributed by atoms with Crippen molar-refractivity contribution >= 4 is 17.4 Å². The van der Waals surface area contributed by atoms with Gasteiger partial charge in [0.2, 0.25) is 0 Å². The van der Waals surface area contributed by atoms with Crippen molar-refractivity contribution in [3.05, 3.63) is 35.9 Å². The van der Waals surface area contributed by atoms with Crippen LogP contribution in [0, 0.1) is 17.2 Å². The van der Waals surface area contributed by atoms with Gasteiger partial charge in [-0.1, -0.05) is 19.3 Å². The fraction of sp³-hybridized carbons (Fsp3) is 0.500. The fourth-order valence-electron chi connectivity index (χ4n) is 3.56. The number of likely N-dealkylation sites (N-methyl/N-ethyl adjacent to an activating group) is 1. The van der Waals surface area contributed by atoms with Crippen LogP contribution in [0.25, 0.3) is 0 Å². The largest absolute Gasteiger partial charge is 0.493 e. The van der Waals surface area contributed by atoms with Gasteiger partial charge >= 0.3 is 0 Å². The van der Waals surface area contributed by atoms with E-state index in [2.05, 4.69) is 20.3 Å². The van der Waals surface area contributed by atoms with Crippen LogP contribution in [0.4, 0.5) is 11.6 Å². The Kier molecular flexibility index (Phi) is 7.69. The number of nitriles is 1. The number of rotatable bonds is 9. The van der Waals surface area contributed by atoms with E-state index in [0.717, 1.165) is 5.56 Å². The molecule has 0 spiro atoms. The molecule has 0 unspecified atom stereocenters. The number of anilines is 2. The van der Waals surface area contributed by atoms with Crippen LogP contribution in [0.5, 0.6) is 5.75 Å². The van der Waals surface area contributed by atoms with E-state index < -0.39 is 0 Å². The Morgan fingerprint density at radius 1 is 1.17 bits per heavy atom. The highest BCUT2D eigenvalue weighted by Crippen LogP contribution is 2.28. The minimum absolute atomic E-state index is 0.114. The number of carbonyl (C=O) groups is 1. The number of aromatic nitrogens is 3. The second-order valence-corrected chi connectivity index (χ2v) is 7.97. The Hall–Kier alpha value is -3.05. The highest BCUT2D eigenvalue weighted by Gasteiger charge is 2.17. The summed E-state index contributed by atoms with van der Waals surface area (Å²) in [5, 5.41) is 11.9. The first kappa shape index (κ1) is 21.7. The number of pyridine rings is 1. The number of hydrogen-bond donors (Lipinski definition) is 1. The maximum atomic E-state index is 12.3. The van der Waals surface area contributed by atoms with Crippen LogP contribution in [-0.2, 0) is 11.2 Å². The standard InChI is InChI=1S/C22H28N6O2/c1-28(2)14-19(29)8-17-11-25-21(27-22-13-24-18(10-23)12-26-22)9-20(17)30-15-16-6-4-3-5-7-16/h9,11-13,16H,3-8,14-15H2,1-2H3,(H,25,26,27). The van der Waals surface area contributed by atoms with E-state index in [4.69, 9.17) is 10.00 Å². The molecule has 0 atom stereocenters. The molecule has 2 heterocycles. The first-order chi connectivity index (χ1) is 14.5. The van der Waals surface area contributed by atoms with Gasteiger partial charge in [-0.2, -0.15) is 5.26 Å². The fourth-order valence-corrected chi connectivity index (χ4v) is 3.56. The molecule has 0 saturated heterocycles. The molecule has 0 bridgehead atoms. The third-order valence-corrected chi connectivity index (χ3v) is 5.05. The van der Waals surface area contributed by atoms with Crippen molar-refractivity contribution in [3.63, 3.8) is 0 Å². The molecule has 0 radical (unpaired) electrons. The first-order valence-corrected chi connectivity index (χ1v) is 10.3. The molecule has 1 fully saturated rings. The van der Waals surface area contributed by atoms with Crippen LogP contribution in [0.3, 0.4) is 0 Å². The number of nitrogens with zero attached hydrogens (tertiary/aromatic N) is 5. The van der Waals surface area contributed by atoms with Gasteiger partial charge in [0.05, 0.1) is 25.5 Å². The molecule has 1 N–H and O–H groups in total. The Balaban J connectivity index is 1.75. The number of nitrogens with one attached hydrogen (secondary N) is 1. The summed E-state index contributed by atoms with van der Waals surface area (Å²) >= 11 is 0. The van der Waals surface area contributed by atoms with E-state index >= 15 is 0 Å². The van der Waals surface area contributed by atoms with Crippen molar-refractivity contribution in [3.8, 4) is 11.8 Å². The van der Waals surface area contributed by atoms with E-state index in [1.54, 1.807) is 12.3 Å². The molecule has 0 aliphatic heterocycles. The van der Waals surface area contributed by atoms with E-state index in [1.165, 1.54) is 44.5 Å². The quantitative estimate of drug-likeness (QED) is 0.675. The smallest absolute Gasteiger partial charge is 0.158 e. The number of ether oxygens (including phenoxy) is 1. The first-order valence-electron chi connectivity index (χ1n) is 10.3. The number of Topliss-reactive ketones (excluding diaryl/α,β-unsaturated/α-hetero) is 1. The minimum atomic E-state index is 0.114. The summed E-state index contributed by atoms with van der Waals surface area (Å²) in [6, 6.07) is 3.75. The predicted molar refractivity (Wildman–Crippen MR) is 114 cm³/mol. The van der Waals surface area contributed by atoms with Gasteiger partial charge in [-0.15, -0.1) is 0 Å². The van der Waals surface area contributed by atoms with Crippen LogP contribution >= 0.6 is 0 Å². The molecule has 0 aromatic carbocycles. The summed E-state index contributed by atoms with van der Waals surface area (Å²) in [6.07, 6.45) is 11.0. The third kappa shape index (κ3) is 6.49. The Bertz CT molecular complexity index is 885. The normalized spacial score (nSPS) is 14.3. The molecule has 3 rings (SSSR count). The lowest BCUT2D eigenvalue weighted by Crippen LogP contribution is -2.23. The highest BCUT2D eigenvalue weighted by molar-refractivity contribution is 5.83. The van der Waals surface area contributed by atoms with Gasteiger partial charge in [-0.3, -0.25) is 4.79 Å². The molecule has 1 saturated carbocycles. The topological polar surface area (TPSA) is 104 Å². The Labute approximate surface area is 177 Å². The summed E-state index contributed by atoms with van der Waals surface area (Å²) in [4.78, 5) is 26.8. The molecule has 158 valence electrons. The monoisotopic (exact) mass is 408 g/mol. The van der Waals surface area contributed by atoms with Gasteiger partial charge < -0.3 is 15.0 Å². The van der Waals surface area contributed by atoms with Gasteiger partial charge in [0, 0.05) is 24.2 Å². The zero-order valence-corrected chi connectivity index (χ0v) is 17.6. The maximum Gasteiger partial charge on any atom is 0.158 e. The van der Waals surface area contributed by atoms with Crippen LogP contribution in [-0.4, -0.2) is 52.9 Å². The molecule has 2 aromatic heterocycles. The van der Waals surface area contributed by atoms with E-state index in [1.807, 2.05) is 25.1 Å². The van der Waals surface area contributed by atoms with Gasteiger partial charge in [0.15, 0.2) is 11.5 Å². The molecule has 30 heavy (non-hydrogen) atoms. The van der Waals surface area contributed by atoms with E-state index in [-0.39, 0.29) is 17.9 Å². The molecule has 2 aromatic rings. The molecule has 1 aliphatic rings. The summed E-state index contributed by atoms with van der Waals surface area (Å²) in [7, 11) is 3.75. The lowest BCUT2D eigenvalue weighted by Gasteiger charge is -2.22. The van der Waals surface area contributed by atoms with Crippen molar-refractivity contribution in [2.45, 2.75) is 38.5 Å². The van der Waals surface area contributed by atoms with Crippen molar-refractivity contribution in [2.75, 3.05) is 32.6 Å². The average Bonchev–Trinajstić information content (AvgIpc) is 2.74. The van der Waals surface area contributed by atoms with Crippen molar-refractivity contribution < 1.29 is 9.53 Å². The maximum absolute atomic E-state index is 12.3. The zero-order valence-electron chi connectivity index (χ0n) is 17.6. The van der Waals surface area contributed by atoms with Gasteiger partial charge in [0.1, 0.15) is 23.5 Å². The van der Waals surface area contributed by atoms with Gasteiger partial charge in [-0.05, 0) is 32.9 Å². The lowest BCUT2D eigenvalue weighted by molar-refractivity contribution is -0.119. The van der Waals surface area contributed by atoms with E-state index in [9.17, 15) is 4.79 Å². The van der Waals surface area contributed by atoms with E-state index in [0.29, 0.717) is 36.5 Å². The summed E-state index contributed by atoms with van der Waals surface area (Å²) in [5.41, 5.74) is 1.04. The average molecular weight is 409 g/mol. The number of ketones is 1. The molecule has 0 amide bonds. The third-order valence-electron chi connectivity index (χ3n) is 5.05. The number of carbonyl (C=O) groups excluding carboxylic acids is 1. The Morgan fingerprint density at radius 2 is 1.93 bits per heavy atom. The lowest BCUT2D eigenvalue weighted by atomic mass is 9.90. The van der Waals surface area contributed by atoms with Crippen LogP contribution in [0.2, 0.25) is 0 Å². The molecular weight excluding hydrogens is 380 g/mol. The van der Waals surface area contributed by atoms with Crippen LogP contribution in [0.15, 0.2) is 24.7 Å². The molecule has 8 heteroatoms. The Morgan fingerprint density at radius 3 is 2.60 bits per heavy atom. The zero-order chi connectivity index (χ0) is 21.3. The summed E-state index contributed by atoms with van der Waals surface area (Å²) in [5.74, 6) is 2.38. The number of hydrogen-bond acceptors (Lipinski definition) is 8. The van der Waals surface area contributed by atoms with Gasteiger partial charge in [0.25, 0.3) is 0 Å². The van der Waals surface area contributed by atoms with Crippen molar-refractivity contribution in [1.82, 2.24) is 19.9 Å². The van der Waals surface area contributed by atoms with Crippen LogP contribution < -0.4 is 10.1 Å². The SMILES string of the molecule is CN(C)CC(=O)Cc1cnc(Nc2cnc(C#N)cn2)cc1OCC1CCCCC1. The molecular formula is C22H28N6O2. The summed E-state index contributed by atoms with van der Waals surface area (Å²) < 4.78 is 6.17.